The highest BCUT2D eigenvalue weighted by Crippen LogP contribution is 2.31. The van der Waals surface area contributed by atoms with Crippen molar-refractivity contribution in [2.45, 2.75) is 25.8 Å². The lowest BCUT2D eigenvalue weighted by atomic mass is 10.1. The molecule has 29 heavy (non-hydrogen) atoms. The molecular formula is C21H23N3O4S. The van der Waals surface area contributed by atoms with Gasteiger partial charge in [-0.2, -0.15) is 0 Å². The van der Waals surface area contributed by atoms with Gasteiger partial charge in [-0.15, -0.1) is 0 Å². The minimum atomic E-state index is -3.31. The van der Waals surface area contributed by atoms with Crippen LogP contribution < -0.4 is 14.9 Å². The van der Waals surface area contributed by atoms with Crippen LogP contribution in [0.5, 0.6) is 0 Å². The Morgan fingerprint density at radius 3 is 2.66 bits per heavy atom. The number of amides is 2. The molecule has 2 aromatic rings. The van der Waals surface area contributed by atoms with Crippen LogP contribution in [0.1, 0.15) is 34.3 Å². The number of rotatable bonds is 6. The first kappa shape index (κ1) is 19.4. The summed E-state index contributed by atoms with van der Waals surface area (Å²) in [5.74, 6) is -0.0396. The van der Waals surface area contributed by atoms with Crippen LogP contribution in [0.4, 0.5) is 11.4 Å². The van der Waals surface area contributed by atoms with Crippen LogP contribution in [-0.2, 0) is 27.8 Å². The fourth-order valence-electron chi connectivity index (χ4n) is 3.49. The second-order valence-electron chi connectivity index (χ2n) is 7.58. The van der Waals surface area contributed by atoms with E-state index in [1.165, 1.54) is 10.6 Å². The molecule has 0 spiro atoms. The lowest BCUT2D eigenvalue weighted by molar-refractivity contribution is -0.117. The molecule has 1 saturated carbocycles. The number of fused-ring (bicyclic) bond motifs is 1. The number of hydrogen-bond acceptors (Lipinski definition) is 4. The maximum atomic E-state index is 12.5. The maximum absolute atomic E-state index is 12.5. The summed E-state index contributed by atoms with van der Waals surface area (Å²) in [5.41, 5.74) is 3.61. The molecular weight excluding hydrogens is 390 g/mol. The van der Waals surface area contributed by atoms with Crippen LogP contribution in [-0.4, -0.2) is 33.0 Å². The number of nitrogens with zero attached hydrogens (tertiary/aromatic N) is 1. The number of benzene rings is 2. The van der Waals surface area contributed by atoms with Crippen LogP contribution in [0.3, 0.4) is 0 Å². The van der Waals surface area contributed by atoms with Gasteiger partial charge in [0.2, 0.25) is 15.9 Å². The van der Waals surface area contributed by atoms with Gasteiger partial charge in [-0.05, 0) is 60.7 Å². The quantitative estimate of drug-likeness (QED) is 0.760. The van der Waals surface area contributed by atoms with Gasteiger partial charge in [0.1, 0.15) is 0 Å². The smallest absolute Gasteiger partial charge is 0.251 e. The third-order valence-electron chi connectivity index (χ3n) is 5.19. The number of carbonyl (C=O) groups is 2. The first-order chi connectivity index (χ1) is 13.8. The van der Waals surface area contributed by atoms with Gasteiger partial charge >= 0.3 is 0 Å². The topological polar surface area (TPSA) is 95.6 Å². The Hall–Kier alpha value is -2.87. The number of carbonyl (C=O) groups excluding carboxylic acids is 2. The summed E-state index contributed by atoms with van der Waals surface area (Å²) < 4.78 is 25.0. The second kappa shape index (κ2) is 7.51. The van der Waals surface area contributed by atoms with E-state index in [9.17, 15) is 18.0 Å². The average Bonchev–Trinajstić information content (AvgIpc) is 3.44. The Kier molecular flexibility index (Phi) is 5.04. The molecule has 1 heterocycles. The molecule has 152 valence electrons. The van der Waals surface area contributed by atoms with Crippen molar-refractivity contribution in [1.82, 2.24) is 5.32 Å². The van der Waals surface area contributed by atoms with E-state index in [1.54, 1.807) is 18.2 Å². The van der Waals surface area contributed by atoms with Crippen molar-refractivity contribution in [2.24, 2.45) is 5.92 Å². The Balaban J connectivity index is 1.40. The minimum Gasteiger partial charge on any atom is -0.348 e. The third kappa shape index (κ3) is 4.42. The van der Waals surface area contributed by atoms with Crippen molar-refractivity contribution >= 4 is 33.2 Å². The van der Waals surface area contributed by atoms with Crippen LogP contribution in [0, 0.1) is 5.92 Å². The molecule has 0 aromatic heterocycles. The molecule has 7 nitrogen and oxygen atoms in total. The van der Waals surface area contributed by atoms with Gasteiger partial charge in [0.25, 0.3) is 5.91 Å². The van der Waals surface area contributed by atoms with E-state index in [4.69, 9.17) is 0 Å². The van der Waals surface area contributed by atoms with Gasteiger partial charge in [0.05, 0.1) is 11.9 Å². The molecule has 4 rings (SSSR count). The maximum Gasteiger partial charge on any atom is 0.251 e. The van der Waals surface area contributed by atoms with Crippen LogP contribution in [0.15, 0.2) is 42.5 Å². The van der Waals surface area contributed by atoms with Crippen molar-refractivity contribution in [1.29, 1.82) is 0 Å². The third-order valence-corrected chi connectivity index (χ3v) is 6.37. The molecule has 1 fully saturated rings. The SMILES string of the molecule is CS(=O)(=O)N1CCc2cc(C(=O)NCc3cccc(NC(=O)C4CC4)c3)ccc21. The molecule has 0 atom stereocenters. The predicted octanol–water partition coefficient (Wildman–Crippen LogP) is 2.29. The van der Waals surface area contributed by atoms with E-state index >= 15 is 0 Å². The molecule has 2 aliphatic rings. The van der Waals surface area contributed by atoms with Gasteiger partial charge in [0.15, 0.2) is 0 Å². The van der Waals surface area contributed by atoms with E-state index in [2.05, 4.69) is 10.6 Å². The number of nitrogens with one attached hydrogen (secondary N) is 2. The van der Waals surface area contributed by atoms with E-state index in [0.29, 0.717) is 30.8 Å². The van der Waals surface area contributed by atoms with Crippen molar-refractivity contribution < 1.29 is 18.0 Å². The summed E-state index contributed by atoms with van der Waals surface area (Å²) in [5, 5.41) is 5.78. The molecule has 1 aliphatic carbocycles. The van der Waals surface area contributed by atoms with Crippen molar-refractivity contribution in [2.75, 3.05) is 22.4 Å². The predicted molar refractivity (Wildman–Crippen MR) is 111 cm³/mol. The van der Waals surface area contributed by atoms with Crippen LogP contribution in [0.2, 0.25) is 0 Å². The first-order valence-corrected chi connectivity index (χ1v) is 11.4. The van der Waals surface area contributed by atoms with Crippen molar-refractivity contribution in [3.8, 4) is 0 Å². The lowest BCUT2D eigenvalue weighted by Crippen LogP contribution is -2.27. The molecule has 2 amide bonds. The summed E-state index contributed by atoms with van der Waals surface area (Å²) in [6.45, 7) is 0.733. The normalized spacial score (nSPS) is 15.7. The fourth-order valence-corrected chi connectivity index (χ4v) is 4.45. The molecule has 0 bridgehead atoms. The number of hydrogen-bond donors (Lipinski definition) is 2. The van der Waals surface area contributed by atoms with E-state index < -0.39 is 10.0 Å². The lowest BCUT2D eigenvalue weighted by Gasteiger charge is -2.16. The molecule has 0 radical (unpaired) electrons. The standard InChI is InChI=1S/C21H23N3O4S/c1-29(27,28)24-10-9-16-12-17(7-8-19(16)24)20(25)22-13-14-3-2-4-18(11-14)23-21(26)15-5-6-15/h2-4,7-8,11-12,15H,5-6,9-10,13H2,1H3,(H,22,25)(H,23,26). The zero-order valence-corrected chi connectivity index (χ0v) is 17.0. The van der Waals surface area contributed by atoms with Gasteiger partial charge in [0, 0.05) is 30.3 Å². The van der Waals surface area contributed by atoms with E-state index in [-0.39, 0.29) is 17.7 Å². The highest BCUT2D eigenvalue weighted by Gasteiger charge is 2.29. The van der Waals surface area contributed by atoms with Gasteiger partial charge < -0.3 is 10.6 Å². The molecule has 1 aliphatic heterocycles. The summed E-state index contributed by atoms with van der Waals surface area (Å²) >= 11 is 0. The molecule has 0 saturated heterocycles. The Bertz CT molecular complexity index is 1080. The van der Waals surface area contributed by atoms with Crippen molar-refractivity contribution in [3.05, 3.63) is 59.2 Å². The van der Waals surface area contributed by atoms with Crippen LogP contribution in [0.25, 0.3) is 0 Å². The Morgan fingerprint density at radius 2 is 1.93 bits per heavy atom. The van der Waals surface area contributed by atoms with E-state index in [0.717, 1.165) is 29.7 Å². The average molecular weight is 413 g/mol. The van der Waals surface area contributed by atoms with Gasteiger partial charge in [-0.3, -0.25) is 13.9 Å². The summed E-state index contributed by atoms with van der Waals surface area (Å²) in [4.78, 5) is 24.4. The fraction of sp³-hybridized carbons (Fsp3) is 0.333. The summed E-state index contributed by atoms with van der Waals surface area (Å²) in [6.07, 6.45) is 3.67. The zero-order valence-electron chi connectivity index (χ0n) is 16.1. The second-order valence-corrected chi connectivity index (χ2v) is 9.48. The largest absolute Gasteiger partial charge is 0.348 e. The number of sulfonamides is 1. The van der Waals surface area contributed by atoms with E-state index in [1.807, 2.05) is 24.3 Å². The minimum absolute atomic E-state index is 0.0486. The highest BCUT2D eigenvalue weighted by atomic mass is 32.2. The molecule has 2 N–H and O–H groups in total. The Labute approximate surface area is 170 Å². The van der Waals surface area contributed by atoms with Crippen LogP contribution >= 0.6 is 0 Å². The highest BCUT2D eigenvalue weighted by molar-refractivity contribution is 7.92. The monoisotopic (exact) mass is 413 g/mol. The molecule has 2 aromatic carbocycles. The summed E-state index contributed by atoms with van der Waals surface area (Å²) in [6, 6.07) is 12.5. The number of anilines is 2. The molecule has 0 unspecified atom stereocenters. The van der Waals surface area contributed by atoms with Gasteiger partial charge in [-0.25, -0.2) is 8.42 Å². The molecule has 8 heteroatoms. The van der Waals surface area contributed by atoms with Gasteiger partial charge in [-0.1, -0.05) is 12.1 Å². The Morgan fingerprint density at radius 1 is 1.14 bits per heavy atom. The zero-order chi connectivity index (χ0) is 20.6. The summed E-state index contributed by atoms with van der Waals surface area (Å²) in [7, 11) is -3.31. The van der Waals surface area contributed by atoms with Crippen molar-refractivity contribution in [3.63, 3.8) is 0 Å². The first-order valence-electron chi connectivity index (χ1n) is 9.60.